The minimum atomic E-state index is -3.59. The maximum absolute atomic E-state index is 14.7. The third kappa shape index (κ3) is 9.75. The van der Waals surface area contributed by atoms with E-state index in [1.165, 1.54) is 5.56 Å². The highest BCUT2D eigenvalue weighted by Gasteiger charge is 2.28. The van der Waals surface area contributed by atoms with Crippen LogP contribution in [0.15, 0.2) is 65.2 Å². The summed E-state index contributed by atoms with van der Waals surface area (Å²) in [6.07, 6.45) is 8.74. The number of halogens is 1. The highest BCUT2D eigenvalue weighted by atomic mass is 35.5. The first-order chi connectivity index (χ1) is 25.9. The number of nitrogens with zero attached hydrogens (tertiary/aromatic N) is 3. The van der Waals surface area contributed by atoms with Gasteiger partial charge in [-0.25, -0.2) is 4.21 Å². The highest BCUT2D eigenvalue weighted by molar-refractivity contribution is 7.92. The molecule has 54 heavy (non-hydrogen) atoms. The number of fused-ring (bicyclic) bond motifs is 3. The Labute approximate surface area is 324 Å². The molecule has 11 nitrogen and oxygen atoms in total. The number of hydrogen-bond donors (Lipinski definition) is 1. The third-order valence-corrected chi connectivity index (χ3v) is 12.9. The summed E-state index contributed by atoms with van der Waals surface area (Å²) in [5, 5.41) is 0.700. The number of ether oxygens (including phenoxy) is 4. The van der Waals surface area contributed by atoms with Crippen LogP contribution in [-0.4, -0.2) is 72.5 Å². The average molecular weight is 781 g/mol. The molecule has 2 amide bonds. The van der Waals surface area contributed by atoms with E-state index in [1.807, 2.05) is 29.7 Å². The normalized spacial score (nSPS) is 27.3. The molecular formula is C41H53ClN4O7S. The number of nitrogens with one attached hydrogen (secondary N) is 1. The Balaban J connectivity index is 1.40. The second kappa shape index (κ2) is 17.8. The molecule has 1 N–H and O–H groups in total. The number of hydrogen-bond acceptors (Lipinski definition) is 8. The quantitative estimate of drug-likeness (QED) is 0.269. The molecule has 13 heteroatoms. The van der Waals surface area contributed by atoms with Gasteiger partial charge in [-0.05, 0) is 91.0 Å². The average Bonchev–Trinajstić information content (AvgIpc) is 3.56. The molecule has 3 aliphatic heterocycles. The number of rotatable bonds is 5. The van der Waals surface area contributed by atoms with Crippen molar-refractivity contribution in [3.63, 3.8) is 0 Å². The standard InChI is InChI=1S/C41H53ClN4O7S/c1-27-9-8-11-38(51-5)29(3)28(2)20-46-21-32-12-14-34(42)17-30(32)10-6-7-16-52-39-15-13-31(19-37(39)46)40(47)43-54(49,26-27)44-41(48)33-18-35-24-53-36(25-50-4)23-45(35)22-33/h8,11-15,17-19,22,27-29,36,38H,6-7,9-10,16,20-21,23-26H2,1-5H3,(H,43,44,47,48,49)/b11-8+/t27-,28-,29+,36-,38-,54?/m0/s1. The van der Waals surface area contributed by atoms with E-state index in [4.69, 9.17) is 30.5 Å². The second-order valence-corrected chi connectivity index (χ2v) is 17.4. The highest BCUT2D eigenvalue weighted by Crippen LogP contribution is 2.35. The molecule has 0 aliphatic carbocycles. The minimum absolute atomic E-state index is 0.0233. The maximum Gasteiger partial charge on any atom is 0.286 e. The Kier molecular flexibility index (Phi) is 13.2. The predicted octanol–water partition coefficient (Wildman–Crippen LogP) is 7.24. The molecule has 3 aromatic rings. The lowest BCUT2D eigenvalue weighted by Crippen LogP contribution is -2.36. The topological polar surface area (TPSA) is 121 Å². The van der Waals surface area contributed by atoms with Crippen LogP contribution in [0.2, 0.25) is 5.02 Å². The molecule has 1 aromatic heterocycles. The smallest absolute Gasteiger partial charge is 0.286 e. The summed E-state index contributed by atoms with van der Waals surface area (Å²) in [6.45, 7) is 9.34. The van der Waals surface area contributed by atoms with Crippen molar-refractivity contribution in [3.8, 4) is 5.75 Å². The molecule has 6 rings (SSSR count). The monoisotopic (exact) mass is 780 g/mol. The fourth-order valence-electron chi connectivity index (χ4n) is 7.48. The predicted molar refractivity (Wildman–Crippen MR) is 212 cm³/mol. The van der Waals surface area contributed by atoms with Crippen LogP contribution in [0.3, 0.4) is 0 Å². The Hall–Kier alpha value is -3.68. The lowest BCUT2D eigenvalue weighted by atomic mass is 9.89. The van der Waals surface area contributed by atoms with Gasteiger partial charge in [-0.15, -0.1) is 4.36 Å². The van der Waals surface area contributed by atoms with Crippen LogP contribution < -0.4 is 14.4 Å². The van der Waals surface area contributed by atoms with Crippen molar-refractivity contribution in [2.75, 3.05) is 44.6 Å². The van der Waals surface area contributed by atoms with E-state index in [-0.39, 0.29) is 41.3 Å². The molecule has 6 atom stereocenters. The Morgan fingerprint density at radius 2 is 1.91 bits per heavy atom. The van der Waals surface area contributed by atoms with Gasteiger partial charge in [0.2, 0.25) is 0 Å². The molecule has 2 aromatic carbocycles. The van der Waals surface area contributed by atoms with Gasteiger partial charge in [-0.2, -0.15) is 0 Å². The van der Waals surface area contributed by atoms with Crippen LogP contribution >= 0.6 is 11.6 Å². The van der Waals surface area contributed by atoms with Crippen molar-refractivity contribution in [2.24, 2.45) is 22.1 Å². The second-order valence-electron chi connectivity index (χ2n) is 15.0. The van der Waals surface area contributed by atoms with Crippen LogP contribution in [0.1, 0.15) is 77.6 Å². The van der Waals surface area contributed by atoms with Crippen molar-refractivity contribution >= 4 is 39.0 Å². The zero-order valence-corrected chi connectivity index (χ0v) is 33.5. The van der Waals surface area contributed by atoms with E-state index in [2.05, 4.69) is 40.0 Å². The number of aryl methyl sites for hydroxylation is 1. The molecule has 0 radical (unpaired) electrons. The molecule has 4 heterocycles. The largest absolute Gasteiger partial charge is 0.491 e. The van der Waals surface area contributed by atoms with Crippen LogP contribution in [0.4, 0.5) is 5.69 Å². The number of carbonyl (C=O) groups excluding carboxylic acids is 2. The van der Waals surface area contributed by atoms with Crippen molar-refractivity contribution in [1.29, 1.82) is 0 Å². The third-order valence-electron chi connectivity index (χ3n) is 10.7. The summed E-state index contributed by atoms with van der Waals surface area (Å²) >= 11 is 6.47. The number of carbonyl (C=O) groups is 2. The summed E-state index contributed by atoms with van der Waals surface area (Å²) in [6, 6.07) is 13.0. The molecule has 0 spiro atoms. The maximum atomic E-state index is 14.7. The molecule has 1 unspecified atom stereocenters. The summed E-state index contributed by atoms with van der Waals surface area (Å²) in [5.74, 6) is -0.482. The van der Waals surface area contributed by atoms with Gasteiger partial charge in [0.25, 0.3) is 11.8 Å². The van der Waals surface area contributed by atoms with Crippen LogP contribution in [0.5, 0.6) is 5.75 Å². The Morgan fingerprint density at radius 3 is 2.70 bits per heavy atom. The zero-order chi connectivity index (χ0) is 38.4. The first kappa shape index (κ1) is 40.0. The van der Waals surface area contributed by atoms with E-state index in [9.17, 15) is 13.8 Å². The van der Waals surface area contributed by atoms with E-state index < -0.39 is 21.7 Å². The number of amides is 2. The van der Waals surface area contributed by atoms with Gasteiger partial charge in [0.15, 0.2) is 0 Å². The first-order valence-electron chi connectivity index (χ1n) is 18.8. The number of benzene rings is 2. The van der Waals surface area contributed by atoms with Gasteiger partial charge in [0.05, 0.1) is 55.6 Å². The molecule has 0 saturated heterocycles. The van der Waals surface area contributed by atoms with Crippen molar-refractivity contribution < 1.29 is 32.7 Å². The van der Waals surface area contributed by atoms with E-state index >= 15 is 0 Å². The van der Waals surface area contributed by atoms with Crippen LogP contribution in [0.25, 0.3) is 0 Å². The SMILES string of the molecule is COC[C@@H]1Cn2cc(C(=O)NS3(=O)=NC(=O)c4ccc5c(c4)N(Cc4ccc(Cl)cc4CCCCO5)C[C@H](C)[C@@H](C)[C@@H](OC)/C=C/C[C@H](C)C3)cc2CO1. The van der Waals surface area contributed by atoms with Gasteiger partial charge in [0, 0.05) is 49.8 Å². The molecule has 292 valence electrons. The summed E-state index contributed by atoms with van der Waals surface area (Å²) < 4.78 is 47.2. The zero-order valence-electron chi connectivity index (χ0n) is 31.9. The number of allylic oxidation sites excluding steroid dienone is 1. The lowest BCUT2D eigenvalue weighted by molar-refractivity contribution is -0.0382. The Bertz CT molecular complexity index is 1970. The first-order valence-corrected chi connectivity index (χ1v) is 20.9. The van der Waals surface area contributed by atoms with Crippen molar-refractivity contribution in [3.05, 3.63) is 93.8 Å². The molecule has 2 bridgehead atoms. The number of methoxy groups -OCH3 is 2. The lowest BCUT2D eigenvalue weighted by Gasteiger charge is -2.34. The summed E-state index contributed by atoms with van der Waals surface area (Å²) in [4.78, 5) is 30.1. The molecule has 3 aliphatic rings. The summed E-state index contributed by atoms with van der Waals surface area (Å²) in [7, 11) is -0.246. The van der Waals surface area contributed by atoms with Gasteiger partial charge < -0.3 is 28.4 Å². The fraction of sp³-hybridized carbons (Fsp3) is 0.512. The van der Waals surface area contributed by atoms with Crippen LogP contribution in [-0.2, 0) is 50.2 Å². The van der Waals surface area contributed by atoms with Gasteiger partial charge in [-0.3, -0.25) is 14.3 Å². The number of anilines is 1. The molecular weight excluding hydrogens is 728 g/mol. The van der Waals surface area contributed by atoms with Gasteiger partial charge in [-0.1, -0.05) is 50.6 Å². The minimum Gasteiger partial charge on any atom is -0.491 e. The molecule has 0 saturated carbocycles. The van der Waals surface area contributed by atoms with Crippen LogP contribution in [0, 0.1) is 17.8 Å². The number of aromatic nitrogens is 1. The summed E-state index contributed by atoms with van der Waals surface area (Å²) in [5.41, 5.74) is 4.48. The van der Waals surface area contributed by atoms with E-state index in [0.29, 0.717) is 62.2 Å². The van der Waals surface area contributed by atoms with Gasteiger partial charge >= 0.3 is 0 Å². The molecule has 0 fully saturated rings. The van der Waals surface area contributed by atoms with Gasteiger partial charge in [0.1, 0.15) is 15.7 Å². The van der Waals surface area contributed by atoms with E-state index in [0.717, 1.165) is 36.2 Å². The Morgan fingerprint density at radius 1 is 1.07 bits per heavy atom. The fourth-order valence-corrected chi connectivity index (χ4v) is 9.57. The van der Waals surface area contributed by atoms with Crippen molar-refractivity contribution in [2.45, 2.75) is 78.4 Å². The van der Waals surface area contributed by atoms with Crippen molar-refractivity contribution in [1.82, 2.24) is 9.29 Å². The van der Waals surface area contributed by atoms with E-state index in [1.54, 1.807) is 44.7 Å².